The van der Waals surface area contributed by atoms with Crippen molar-refractivity contribution >= 4 is 5.78 Å². The molecular formula is C29H38FN3O2. The molecular weight excluding hydrogens is 441 g/mol. The van der Waals surface area contributed by atoms with E-state index < -0.39 is 12.1 Å². The van der Waals surface area contributed by atoms with Crippen LogP contribution in [0.2, 0.25) is 0 Å². The lowest BCUT2D eigenvalue weighted by Crippen LogP contribution is -2.37. The van der Waals surface area contributed by atoms with E-state index in [2.05, 4.69) is 68.7 Å². The summed E-state index contributed by atoms with van der Waals surface area (Å²) < 4.78 is 22.0. The molecule has 1 heterocycles. The predicted octanol–water partition coefficient (Wildman–Crippen LogP) is 5.56. The fourth-order valence-electron chi connectivity index (χ4n) is 4.69. The van der Waals surface area contributed by atoms with Crippen molar-refractivity contribution in [1.82, 2.24) is 9.55 Å². The maximum atomic E-state index is 14.7. The molecule has 188 valence electrons. The fraction of sp³-hybridized carbons (Fsp3) is 0.448. The zero-order valence-corrected chi connectivity index (χ0v) is 21.5. The van der Waals surface area contributed by atoms with Crippen LogP contribution in [0.25, 0.3) is 11.3 Å². The number of halogens is 1. The van der Waals surface area contributed by atoms with Gasteiger partial charge in [0.05, 0.1) is 5.69 Å². The number of carbonyl (C=O) groups is 1. The van der Waals surface area contributed by atoms with Crippen LogP contribution in [0.1, 0.15) is 50.1 Å². The van der Waals surface area contributed by atoms with E-state index in [1.807, 2.05) is 24.4 Å². The molecule has 1 aromatic heterocycles. The number of aromatic nitrogens is 2. The number of nitrogens with two attached hydrogens (primary N) is 1. The number of ketones is 1. The van der Waals surface area contributed by atoms with Crippen LogP contribution >= 0.6 is 0 Å². The highest BCUT2D eigenvalue weighted by Gasteiger charge is 2.41. The van der Waals surface area contributed by atoms with Gasteiger partial charge in [-0.05, 0) is 24.3 Å². The lowest BCUT2D eigenvalue weighted by atomic mass is 9.69. The molecule has 35 heavy (non-hydrogen) atoms. The Morgan fingerprint density at radius 3 is 2.34 bits per heavy atom. The van der Waals surface area contributed by atoms with Crippen LogP contribution < -0.4 is 5.73 Å². The van der Waals surface area contributed by atoms with Gasteiger partial charge in [0.2, 0.25) is 0 Å². The average molecular weight is 480 g/mol. The lowest BCUT2D eigenvalue weighted by Gasteiger charge is -2.37. The monoisotopic (exact) mass is 479 g/mol. The van der Waals surface area contributed by atoms with E-state index in [1.54, 1.807) is 0 Å². The van der Waals surface area contributed by atoms with Gasteiger partial charge < -0.3 is 15.0 Å². The van der Waals surface area contributed by atoms with Gasteiger partial charge in [-0.1, -0.05) is 80.9 Å². The van der Waals surface area contributed by atoms with Crippen LogP contribution in [0.4, 0.5) is 4.39 Å². The van der Waals surface area contributed by atoms with Crippen LogP contribution in [0.5, 0.6) is 0 Å². The molecule has 0 radical (unpaired) electrons. The van der Waals surface area contributed by atoms with E-state index in [1.165, 1.54) is 12.7 Å². The number of ether oxygens (including phenoxy) is 1. The quantitative estimate of drug-likeness (QED) is 0.391. The first kappa shape index (κ1) is 26.8. The second-order valence-electron chi connectivity index (χ2n) is 10.4. The molecule has 3 rings (SSSR count). The summed E-state index contributed by atoms with van der Waals surface area (Å²) in [7, 11) is 1.49. The molecule has 0 aliphatic heterocycles. The summed E-state index contributed by atoms with van der Waals surface area (Å²) in [5, 5.41) is 0. The molecule has 6 heteroatoms. The van der Waals surface area contributed by atoms with Crippen molar-refractivity contribution < 1.29 is 13.9 Å². The first-order valence-corrected chi connectivity index (χ1v) is 12.2. The van der Waals surface area contributed by atoms with E-state index >= 15 is 0 Å². The Kier molecular flexibility index (Phi) is 8.98. The fourth-order valence-corrected chi connectivity index (χ4v) is 4.69. The summed E-state index contributed by atoms with van der Waals surface area (Å²) >= 11 is 0. The molecule has 0 spiro atoms. The summed E-state index contributed by atoms with van der Waals surface area (Å²) in [5.41, 5.74) is 9.39. The molecule has 0 bridgehead atoms. The SMILES string of the molecule is COCC(=O)[C@H](C[C@H](F)CN)C(c1nc(-c2ccc(C)cc2)cn1Cc1ccccc1)C(C)(C)C. The number of hydrogen-bond acceptors (Lipinski definition) is 4. The number of methoxy groups -OCH3 is 1. The van der Waals surface area contributed by atoms with Gasteiger partial charge in [-0.25, -0.2) is 9.37 Å². The maximum Gasteiger partial charge on any atom is 0.162 e. The highest BCUT2D eigenvalue weighted by Crippen LogP contribution is 2.44. The molecule has 0 fully saturated rings. The van der Waals surface area contributed by atoms with E-state index in [4.69, 9.17) is 15.5 Å². The molecule has 1 unspecified atom stereocenters. The summed E-state index contributed by atoms with van der Waals surface area (Å²) in [6.45, 7) is 8.69. The second kappa shape index (κ2) is 11.7. The molecule has 0 saturated carbocycles. The van der Waals surface area contributed by atoms with Crippen LogP contribution in [0.3, 0.4) is 0 Å². The molecule has 0 saturated heterocycles. The van der Waals surface area contributed by atoms with E-state index in [0.717, 1.165) is 22.6 Å². The van der Waals surface area contributed by atoms with Gasteiger partial charge in [-0.3, -0.25) is 4.79 Å². The minimum atomic E-state index is -1.28. The van der Waals surface area contributed by atoms with Crippen LogP contribution in [-0.2, 0) is 16.1 Å². The Morgan fingerprint density at radius 1 is 1.11 bits per heavy atom. The van der Waals surface area contributed by atoms with Crippen molar-refractivity contribution in [3.63, 3.8) is 0 Å². The molecule has 0 amide bonds. The standard InChI is InChI=1S/C29H38FN3O2/c1-20-11-13-22(14-12-20)25-18-33(17-21-9-7-6-8-10-21)28(32-25)27(29(2,3)4)24(15-23(30)16-31)26(34)19-35-5/h6-14,18,23-24,27H,15-17,19,31H2,1-5H3/t23-,24-,27?/m0/s1. The van der Waals surface area contributed by atoms with Crippen molar-refractivity contribution in [1.29, 1.82) is 0 Å². The van der Waals surface area contributed by atoms with E-state index in [0.29, 0.717) is 6.54 Å². The van der Waals surface area contributed by atoms with E-state index in [9.17, 15) is 9.18 Å². The van der Waals surface area contributed by atoms with Crippen molar-refractivity contribution in [2.24, 2.45) is 17.1 Å². The summed E-state index contributed by atoms with van der Waals surface area (Å²) in [6, 6.07) is 18.4. The number of alkyl halides is 1. The smallest absolute Gasteiger partial charge is 0.162 e. The summed E-state index contributed by atoms with van der Waals surface area (Å²) in [4.78, 5) is 18.4. The van der Waals surface area contributed by atoms with Crippen LogP contribution in [-0.4, -0.2) is 41.8 Å². The number of imidazole rings is 1. The number of hydrogen-bond donors (Lipinski definition) is 1. The lowest BCUT2D eigenvalue weighted by molar-refractivity contribution is -0.129. The first-order valence-electron chi connectivity index (χ1n) is 12.2. The van der Waals surface area contributed by atoms with Gasteiger partial charge in [0.25, 0.3) is 0 Å². The van der Waals surface area contributed by atoms with Crippen molar-refractivity contribution in [3.8, 4) is 11.3 Å². The Balaban J connectivity index is 2.17. The Morgan fingerprint density at radius 2 is 1.77 bits per heavy atom. The average Bonchev–Trinajstić information content (AvgIpc) is 3.21. The van der Waals surface area contributed by atoms with Crippen molar-refractivity contribution in [2.45, 2.75) is 52.8 Å². The Bertz CT molecular complexity index is 1090. The highest BCUT2D eigenvalue weighted by atomic mass is 19.1. The number of benzene rings is 2. The third-order valence-electron chi connectivity index (χ3n) is 6.43. The van der Waals surface area contributed by atoms with Crippen LogP contribution in [0.15, 0.2) is 60.8 Å². The molecule has 5 nitrogen and oxygen atoms in total. The molecule has 2 N–H and O–H groups in total. The minimum Gasteiger partial charge on any atom is -0.377 e. The number of Topliss-reactive ketones (excluding diaryl/α,β-unsaturated/α-hetero) is 1. The van der Waals surface area contributed by atoms with Gasteiger partial charge in [0.15, 0.2) is 5.78 Å². The minimum absolute atomic E-state index is 0.0404. The Labute approximate surface area is 208 Å². The first-order chi connectivity index (χ1) is 16.6. The molecule has 3 aromatic rings. The van der Waals surface area contributed by atoms with Crippen molar-refractivity contribution in [2.75, 3.05) is 20.3 Å². The summed E-state index contributed by atoms with van der Waals surface area (Å²) in [6.07, 6.45) is 0.803. The molecule has 0 aliphatic carbocycles. The van der Waals surface area contributed by atoms with E-state index in [-0.39, 0.29) is 36.7 Å². The highest BCUT2D eigenvalue weighted by molar-refractivity contribution is 5.83. The normalized spacial score (nSPS) is 14.5. The van der Waals surface area contributed by atoms with Gasteiger partial charge in [-0.2, -0.15) is 0 Å². The van der Waals surface area contributed by atoms with Gasteiger partial charge in [-0.15, -0.1) is 0 Å². The van der Waals surface area contributed by atoms with Crippen molar-refractivity contribution in [3.05, 3.63) is 77.7 Å². The third kappa shape index (κ3) is 6.86. The number of nitrogens with zero attached hydrogens (tertiary/aromatic N) is 2. The van der Waals surface area contributed by atoms with Gasteiger partial charge in [0.1, 0.15) is 18.6 Å². The largest absolute Gasteiger partial charge is 0.377 e. The maximum absolute atomic E-state index is 14.7. The molecule has 2 aromatic carbocycles. The van der Waals surface area contributed by atoms with Gasteiger partial charge in [0, 0.05) is 43.8 Å². The zero-order chi connectivity index (χ0) is 25.6. The third-order valence-corrected chi connectivity index (χ3v) is 6.43. The molecule has 0 aliphatic rings. The number of aryl methyl sites for hydroxylation is 1. The Hall–Kier alpha value is -2.83. The topological polar surface area (TPSA) is 70.1 Å². The van der Waals surface area contributed by atoms with Crippen LogP contribution in [0, 0.1) is 18.3 Å². The predicted molar refractivity (Wildman–Crippen MR) is 139 cm³/mol. The second-order valence-corrected chi connectivity index (χ2v) is 10.4. The molecule has 3 atom stereocenters. The zero-order valence-electron chi connectivity index (χ0n) is 21.5. The summed E-state index contributed by atoms with van der Waals surface area (Å²) in [5.74, 6) is -0.306. The number of rotatable bonds is 11. The van der Waals surface area contributed by atoms with Gasteiger partial charge >= 0.3 is 0 Å². The number of carbonyl (C=O) groups excluding carboxylic acids is 1.